The van der Waals surface area contributed by atoms with Gasteiger partial charge in [-0.25, -0.2) is 8.42 Å². The molecule has 0 saturated carbocycles. The average molecular weight is 662 g/mol. The van der Waals surface area contributed by atoms with Gasteiger partial charge in [-0.15, -0.1) is 0 Å². The van der Waals surface area contributed by atoms with Gasteiger partial charge in [0, 0.05) is 23.1 Å². The molecule has 3 aromatic carbocycles. The monoisotopic (exact) mass is 661 g/mol. The average Bonchev–Trinajstić information content (AvgIpc) is 2.91. The molecule has 0 aromatic heterocycles. The smallest absolute Gasteiger partial charge is 0.244 e. The van der Waals surface area contributed by atoms with E-state index in [4.69, 9.17) is 0 Å². The summed E-state index contributed by atoms with van der Waals surface area (Å²) in [5, 5.41) is 3.00. The summed E-state index contributed by atoms with van der Waals surface area (Å²) < 4.78 is 27.7. The third-order valence-electron chi connectivity index (χ3n) is 6.50. The molecule has 1 N–H and O–H groups in total. The molecular weight excluding hydrogens is 625 g/mol. The number of hydrogen-bond acceptors (Lipinski definition) is 4. The molecule has 0 saturated heterocycles. The fraction of sp³-hybridized carbons (Fsp3) is 0.333. The Morgan fingerprint density at radius 3 is 2.21 bits per heavy atom. The molecule has 0 spiro atoms. The third-order valence-corrected chi connectivity index (χ3v) is 8.36. The number of halogens is 1. The van der Waals surface area contributed by atoms with Gasteiger partial charge in [0.15, 0.2) is 0 Å². The van der Waals surface area contributed by atoms with Gasteiger partial charge < -0.3 is 10.2 Å². The summed E-state index contributed by atoms with van der Waals surface area (Å²) in [5.74, 6) is -0.705. The zero-order valence-corrected chi connectivity index (χ0v) is 25.6. The van der Waals surface area contributed by atoms with E-state index in [9.17, 15) is 18.0 Å². The number of benzene rings is 3. The molecule has 3 rings (SSSR count). The molecule has 7 nitrogen and oxygen atoms in total. The Bertz CT molecular complexity index is 1350. The lowest BCUT2D eigenvalue weighted by molar-refractivity contribution is -0.140. The Labute approximate surface area is 245 Å². The first-order valence-corrected chi connectivity index (χ1v) is 15.9. The van der Waals surface area contributed by atoms with Crippen molar-refractivity contribution in [2.45, 2.75) is 45.7 Å². The van der Waals surface area contributed by atoms with Crippen molar-refractivity contribution in [2.24, 2.45) is 0 Å². The fourth-order valence-corrected chi connectivity index (χ4v) is 5.46. The molecule has 1 unspecified atom stereocenters. The molecule has 0 aliphatic carbocycles. The van der Waals surface area contributed by atoms with Gasteiger partial charge in [-0.2, -0.15) is 0 Å². The van der Waals surface area contributed by atoms with Crippen LogP contribution in [0.5, 0.6) is 0 Å². The van der Waals surface area contributed by atoms with Crippen LogP contribution in [0.15, 0.2) is 78.9 Å². The van der Waals surface area contributed by atoms with Crippen LogP contribution >= 0.6 is 22.6 Å². The van der Waals surface area contributed by atoms with E-state index in [-0.39, 0.29) is 12.5 Å². The molecule has 9 heteroatoms. The predicted octanol–water partition coefficient (Wildman–Crippen LogP) is 4.92. The minimum Gasteiger partial charge on any atom is -0.354 e. The largest absolute Gasteiger partial charge is 0.354 e. The molecule has 2 amide bonds. The number of carbonyl (C=O) groups is 2. The van der Waals surface area contributed by atoms with E-state index in [0.29, 0.717) is 18.7 Å². The van der Waals surface area contributed by atoms with Crippen molar-refractivity contribution in [3.63, 3.8) is 0 Å². The van der Waals surface area contributed by atoms with Crippen LogP contribution in [0.4, 0.5) is 5.69 Å². The van der Waals surface area contributed by atoms with Crippen LogP contribution in [-0.2, 0) is 32.6 Å². The molecule has 0 heterocycles. The van der Waals surface area contributed by atoms with Crippen molar-refractivity contribution in [3.8, 4) is 0 Å². The summed E-state index contributed by atoms with van der Waals surface area (Å²) in [6.07, 6.45) is 3.14. The molecule has 0 fully saturated rings. The van der Waals surface area contributed by atoms with Gasteiger partial charge in [-0.05, 0) is 76.9 Å². The lowest BCUT2D eigenvalue weighted by atomic mass is 10.0. The third kappa shape index (κ3) is 9.06. The lowest BCUT2D eigenvalue weighted by Gasteiger charge is -2.34. The molecule has 0 bridgehead atoms. The molecule has 208 valence electrons. The summed E-state index contributed by atoms with van der Waals surface area (Å²) >= 11 is 2.14. The maximum Gasteiger partial charge on any atom is 0.244 e. The standard InChI is InChI=1S/C30H36IN3O4S/c1-4-5-19-32-30(36)28(20-24-12-7-6-8-13-24)33(21-25-14-10-9-11-23(25)2)29(35)22-34(39(3,37)38)27-17-15-26(31)16-18-27/h6-18,28H,4-5,19-22H2,1-3H3,(H,32,36). The maximum absolute atomic E-state index is 14.1. The Morgan fingerprint density at radius 1 is 0.949 bits per heavy atom. The van der Waals surface area contributed by atoms with Crippen LogP contribution in [0.25, 0.3) is 0 Å². The van der Waals surface area contributed by atoms with E-state index in [1.807, 2.05) is 68.4 Å². The maximum atomic E-state index is 14.1. The number of sulfonamides is 1. The summed E-state index contributed by atoms with van der Waals surface area (Å²) in [6.45, 7) is 4.27. The number of nitrogens with zero attached hydrogens (tertiary/aromatic N) is 2. The first-order valence-electron chi connectivity index (χ1n) is 13.0. The summed E-state index contributed by atoms with van der Waals surface area (Å²) in [6, 6.07) is 23.4. The van der Waals surface area contributed by atoms with Crippen molar-refractivity contribution in [2.75, 3.05) is 23.7 Å². The van der Waals surface area contributed by atoms with Crippen molar-refractivity contribution in [1.29, 1.82) is 0 Å². The number of carbonyl (C=O) groups excluding carboxylic acids is 2. The van der Waals surface area contributed by atoms with Crippen molar-refractivity contribution in [3.05, 3.63) is 99.1 Å². The highest BCUT2D eigenvalue weighted by atomic mass is 127. The number of amides is 2. The number of aryl methyl sites for hydroxylation is 1. The van der Waals surface area contributed by atoms with E-state index in [0.717, 1.165) is 43.7 Å². The SMILES string of the molecule is CCCCNC(=O)C(Cc1ccccc1)N(Cc1ccccc1C)C(=O)CN(c1ccc(I)cc1)S(C)(=O)=O. The Kier molecular flexibility index (Phi) is 11.4. The minimum absolute atomic E-state index is 0.175. The second kappa shape index (κ2) is 14.5. The molecule has 1 atom stereocenters. The van der Waals surface area contributed by atoms with Crippen molar-refractivity contribution in [1.82, 2.24) is 10.2 Å². The molecule has 0 aliphatic rings. The van der Waals surface area contributed by atoms with Gasteiger partial charge in [0.25, 0.3) is 0 Å². The predicted molar refractivity (Wildman–Crippen MR) is 165 cm³/mol. The van der Waals surface area contributed by atoms with E-state index in [1.165, 1.54) is 4.90 Å². The number of nitrogens with one attached hydrogen (secondary N) is 1. The first kappa shape index (κ1) is 30.6. The van der Waals surface area contributed by atoms with E-state index >= 15 is 0 Å². The highest BCUT2D eigenvalue weighted by Gasteiger charge is 2.33. The molecule has 39 heavy (non-hydrogen) atoms. The van der Waals surface area contributed by atoms with Gasteiger partial charge in [0.1, 0.15) is 12.6 Å². The first-order chi connectivity index (χ1) is 18.6. The van der Waals surface area contributed by atoms with Gasteiger partial charge in [0.2, 0.25) is 21.8 Å². The highest BCUT2D eigenvalue weighted by Crippen LogP contribution is 2.22. The van der Waals surface area contributed by atoms with Gasteiger partial charge in [-0.3, -0.25) is 13.9 Å². The number of hydrogen-bond donors (Lipinski definition) is 1. The van der Waals surface area contributed by atoms with Crippen LogP contribution in [0.3, 0.4) is 0 Å². The van der Waals surface area contributed by atoms with Crippen LogP contribution < -0.4 is 9.62 Å². The molecule has 3 aromatic rings. The van der Waals surface area contributed by atoms with E-state index < -0.39 is 28.5 Å². The lowest BCUT2D eigenvalue weighted by Crippen LogP contribution is -2.53. The number of anilines is 1. The van der Waals surface area contributed by atoms with Crippen molar-refractivity contribution >= 4 is 50.1 Å². The molecule has 0 radical (unpaired) electrons. The molecule has 0 aliphatic heterocycles. The zero-order chi connectivity index (χ0) is 28.4. The highest BCUT2D eigenvalue weighted by molar-refractivity contribution is 14.1. The Morgan fingerprint density at radius 2 is 1.59 bits per heavy atom. The summed E-state index contributed by atoms with van der Waals surface area (Å²) in [7, 11) is -3.78. The van der Waals surface area contributed by atoms with Crippen LogP contribution in [0.2, 0.25) is 0 Å². The quantitative estimate of drug-likeness (QED) is 0.208. The van der Waals surface area contributed by atoms with Gasteiger partial charge in [0.05, 0.1) is 11.9 Å². The fourth-order valence-electron chi connectivity index (χ4n) is 4.25. The van der Waals surface area contributed by atoms with Crippen LogP contribution in [0.1, 0.15) is 36.5 Å². The minimum atomic E-state index is -3.78. The summed E-state index contributed by atoms with van der Waals surface area (Å²) in [5.41, 5.74) is 3.19. The normalized spacial score (nSPS) is 12.0. The van der Waals surface area contributed by atoms with Crippen molar-refractivity contribution < 1.29 is 18.0 Å². The van der Waals surface area contributed by atoms with E-state index in [1.54, 1.807) is 24.3 Å². The molecular formula is C30H36IN3O4S. The van der Waals surface area contributed by atoms with E-state index in [2.05, 4.69) is 27.9 Å². The second-order valence-corrected chi connectivity index (χ2v) is 12.7. The zero-order valence-electron chi connectivity index (χ0n) is 22.6. The number of rotatable bonds is 13. The van der Waals surface area contributed by atoms with Crippen LogP contribution in [0, 0.1) is 10.5 Å². The Hall–Kier alpha value is -2.92. The van der Waals surface area contributed by atoms with Gasteiger partial charge in [-0.1, -0.05) is 67.9 Å². The van der Waals surface area contributed by atoms with Crippen LogP contribution in [-0.4, -0.2) is 50.5 Å². The topological polar surface area (TPSA) is 86.8 Å². The Balaban J connectivity index is 2.03. The summed E-state index contributed by atoms with van der Waals surface area (Å²) in [4.78, 5) is 29.2. The van der Waals surface area contributed by atoms with Gasteiger partial charge >= 0.3 is 0 Å². The second-order valence-electron chi connectivity index (χ2n) is 9.54. The number of unbranched alkanes of at least 4 members (excludes halogenated alkanes) is 1.